The largest absolute Gasteiger partial charge is 0.337 e. The minimum absolute atomic E-state index is 0.178. The first-order valence-corrected chi connectivity index (χ1v) is 9.72. The number of hydrogen-bond acceptors (Lipinski definition) is 4. The van der Waals surface area contributed by atoms with E-state index in [1.807, 2.05) is 31.2 Å². The number of carbonyl (C=O) groups is 1. The number of halogens is 1. The number of amides is 2. The standard InChI is InChI=1S/C21H21ClN4O2/c1-14-5-4-6-15(13-14)19-24-20(28-25-19)18-7-2-3-12-26(18)21(27)23-17-10-8-16(22)9-11-17/h4-6,8-11,13,18H,2-3,7,12H2,1H3,(H,23,27)/t18-/m0/s1. The molecule has 0 bridgehead atoms. The fraction of sp³-hybridized carbons (Fsp3) is 0.286. The molecule has 1 aliphatic heterocycles. The highest BCUT2D eigenvalue weighted by Gasteiger charge is 2.32. The Kier molecular flexibility index (Phi) is 5.30. The summed E-state index contributed by atoms with van der Waals surface area (Å²) in [4.78, 5) is 19.2. The lowest BCUT2D eigenvalue weighted by molar-refractivity contribution is 0.142. The lowest BCUT2D eigenvalue weighted by atomic mass is 10.0. The summed E-state index contributed by atoms with van der Waals surface area (Å²) in [6.45, 7) is 2.67. The number of aryl methyl sites for hydroxylation is 1. The molecule has 2 aromatic carbocycles. The van der Waals surface area contributed by atoms with Crippen molar-refractivity contribution < 1.29 is 9.32 Å². The van der Waals surface area contributed by atoms with Crippen molar-refractivity contribution in [3.8, 4) is 11.4 Å². The molecule has 0 unspecified atom stereocenters. The van der Waals surface area contributed by atoms with Crippen LogP contribution in [0.15, 0.2) is 53.1 Å². The predicted octanol–water partition coefficient (Wildman–Crippen LogP) is 5.46. The number of nitrogens with zero attached hydrogens (tertiary/aromatic N) is 3. The summed E-state index contributed by atoms with van der Waals surface area (Å²) in [7, 11) is 0. The van der Waals surface area contributed by atoms with Crippen LogP contribution in [0.25, 0.3) is 11.4 Å². The molecule has 7 heteroatoms. The number of urea groups is 1. The van der Waals surface area contributed by atoms with Crippen LogP contribution in [0.2, 0.25) is 5.02 Å². The molecule has 3 aromatic rings. The predicted molar refractivity (Wildman–Crippen MR) is 108 cm³/mol. The van der Waals surface area contributed by atoms with Gasteiger partial charge in [0.15, 0.2) is 0 Å². The van der Waals surface area contributed by atoms with Crippen molar-refractivity contribution in [1.82, 2.24) is 15.0 Å². The van der Waals surface area contributed by atoms with Gasteiger partial charge in [0, 0.05) is 22.8 Å². The summed E-state index contributed by atoms with van der Waals surface area (Å²) in [5.41, 5.74) is 2.73. The molecule has 1 aliphatic rings. The zero-order chi connectivity index (χ0) is 19.5. The van der Waals surface area contributed by atoms with Gasteiger partial charge in [0.2, 0.25) is 11.7 Å². The third-order valence-corrected chi connectivity index (χ3v) is 5.11. The number of hydrogen-bond donors (Lipinski definition) is 1. The number of rotatable bonds is 3. The van der Waals surface area contributed by atoms with Gasteiger partial charge < -0.3 is 14.7 Å². The van der Waals surface area contributed by atoms with Crippen molar-refractivity contribution in [2.24, 2.45) is 0 Å². The molecule has 1 saturated heterocycles. The Morgan fingerprint density at radius 2 is 2.04 bits per heavy atom. The highest BCUT2D eigenvalue weighted by Crippen LogP contribution is 2.32. The van der Waals surface area contributed by atoms with Crippen molar-refractivity contribution in [2.75, 3.05) is 11.9 Å². The first-order valence-electron chi connectivity index (χ1n) is 9.34. The van der Waals surface area contributed by atoms with E-state index in [9.17, 15) is 4.79 Å². The van der Waals surface area contributed by atoms with E-state index >= 15 is 0 Å². The van der Waals surface area contributed by atoms with Crippen LogP contribution < -0.4 is 5.32 Å². The molecule has 1 aromatic heterocycles. The van der Waals surface area contributed by atoms with Crippen LogP contribution in [0.1, 0.15) is 36.8 Å². The van der Waals surface area contributed by atoms with Crippen LogP contribution in [0.5, 0.6) is 0 Å². The number of nitrogens with one attached hydrogen (secondary N) is 1. The minimum atomic E-state index is -0.230. The maximum absolute atomic E-state index is 12.8. The number of piperidine rings is 1. The molecule has 0 spiro atoms. The lowest BCUT2D eigenvalue weighted by Crippen LogP contribution is -2.41. The molecule has 1 atom stereocenters. The van der Waals surface area contributed by atoms with Gasteiger partial charge in [0.25, 0.3) is 0 Å². The van der Waals surface area contributed by atoms with Crippen LogP contribution >= 0.6 is 11.6 Å². The fourth-order valence-electron chi connectivity index (χ4n) is 3.43. The van der Waals surface area contributed by atoms with E-state index in [0.717, 1.165) is 30.4 Å². The van der Waals surface area contributed by atoms with Crippen molar-refractivity contribution in [3.63, 3.8) is 0 Å². The molecule has 144 valence electrons. The molecular formula is C21H21ClN4O2. The van der Waals surface area contributed by atoms with Crippen molar-refractivity contribution in [2.45, 2.75) is 32.2 Å². The smallest absolute Gasteiger partial charge is 0.322 e. The van der Waals surface area contributed by atoms with Gasteiger partial charge in [0.05, 0.1) is 0 Å². The summed E-state index contributed by atoms with van der Waals surface area (Å²) < 4.78 is 5.54. The lowest BCUT2D eigenvalue weighted by Gasteiger charge is -2.33. The number of aromatic nitrogens is 2. The monoisotopic (exact) mass is 396 g/mol. The van der Waals surface area contributed by atoms with E-state index in [0.29, 0.717) is 29.0 Å². The van der Waals surface area contributed by atoms with E-state index in [1.54, 1.807) is 29.2 Å². The van der Waals surface area contributed by atoms with Crippen LogP contribution in [0.3, 0.4) is 0 Å². The Morgan fingerprint density at radius 3 is 2.82 bits per heavy atom. The van der Waals surface area contributed by atoms with E-state index < -0.39 is 0 Å². The maximum atomic E-state index is 12.8. The average molecular weight is 397 g/mol. The highest BCUT2D eigenvalue weighted by atomic mass is 35.5. The number of anilines is 1. The maximum Gasteiger partial charge on any atom is 0.322 e. The Balaban J connectivity index is 1.54. The molecule has 28 heavy (non-hydrogen) atoms. The van der Waals surface area contributed by atoms with Gasteiger partial charge in [-0.3, -0.25) is 0 Å². The van der Waals surface area contributed by atoms with Gasteiger partial charge in [-0.2, -0.15) is 4.98 Å². The van der Waals surface area contributed by atoms with E-state index in [1.165, 1.54) is 0 Å². The topological polar surface area (TPSA) is 71.3 Å². The summed E-state index contributed by atoms with van der Waals surface area (Å²) in [6.07, 6.45) is 2.75. The third-order valence-electron chi connectivity index (χ3n) is 4.86. The number of benzene rings is 2. The second kappa shape index (κ2) is 8.02. The number of carbonyl (C=O) groups excluding carboxylic acids is 1. The normalized spacial score (nSPS) is 16.8. The van der Waals surface area contributed by atoms with Gasteiger partial charge in [-0.1, -0.05) is 40.5 Å². The molecule has 0 saturated carbocycles. The molecule has 0 radical (unpaired) electrons. The van der Waals surface area contributed by atoms with Crippen molar-refractivity contribution in [1.29, 1.82) is 0 Å². The molecule has 2 heterocycles. The van der Waals surface area contributed by atoms with Crippen LogP contribution in [0, 0.1) is 6.92 Å². The van der Waals surface area contributed by atoms with Gasteiger partial charge in [0.1, 0.15) is 6.04 Å². The average Bonchev–Trinajstić information content (AvgIpc) is 3.20. The van der Waals surface area contributed by atoms with Crippen LogP contribution in [-0.2, 0) is 0 Å². The summed E-state index contributed by atoms with van der Waals surface area (Å²) >= 11 is 5.91. The summed E-state index contributed by atoms with van der Waals surface area (Å²) in [5, 5.41) is 7.68. The van der Waals surface area contributed by atoms with Gasteiger partial charge in [-0.05, 0) is 56.5 Å². The van der Waals surface area contributed by atoms with Crippen molar-refractivity contribution in [3.05, 3.63) is 65.0 Å². The van der Waals surface area contributed by atoms with Gasteiger partial charge >= 0.3 is 6.03 Å². The molecule has 4 rings (SSSR count). The number of likely N-dealkylation sites (tertiary alicyclic amines) is 1. The molecule has 0 aliphatic carbocycles. The van der Waals surface area contributed by atoms with Gasteiger partial charge in [-0.25, -0.2) is 4.79 Å². The Morgan fingerprint density at radius 1 is 1.21 bits per heavy atom. The van der Waals surface area contributed by atoms with Crippen LogP contribution in [0.4, 0.5) is 10.5 Å². The second-order valence-electron chi connectivity index (χ2n) is 6.97. The van der Waals surface area contributed by atoms with Gasteiger partial charge in [-0.15, -0.1) is 0 Å². The first-order chi connectivity index (χ1) is 13.6. The SMILES string of the molecule is Cc1cccc(-c2noc([C@@H]3CCCCN3C(=O)Nc3ccc(Cl)cc3)n2)c1. The molecule has 6 nitrogen and oxygen atoms in total. The first kappa shape index (κ1) is 18.5. The molecule has 2 amide bonds. The zero-order valence-electron chi connectivity index (χ0n) is 15.6. The second-order valence-corrected chi connectivity index (χ2v) is 7.40. The van der Waals surface area contributed by atoms with Crippen LogP contribution in [-0.4, -0.2) is 27.6 Å². The Bertz CT molecular complexity index is 971. The van der Waals surface area contributed by atoms with Crippen molar-refractivity contribution >= 4 is 23.3 Å². The quantitative estimate of drug-likeness (QED) is 0.638. The zero-order valence-corrected chi connectivity index (χ0v) is 16.3. The molecule has 1 fully saturated rings. The summed E-state index contributed by atoms with van der Waals surface area (Å²) in [5.74, 6) is 1.02. The highest BCUT2D eigenvalue weighted by molar-refractivity contribution is 6.30. The fourth-order valence-corrected chi connectivity index (χ4v) is 3.56. The Labute approximate surface area is 168 Å². The molecule has 1 N–H and O–H groups in total. The summed E-state index contributed by atoms with van der Waals surface area (Å²) in [6, 6.07) is 14.6. The Hall–Kier alpha value is -2.86. The molecular weight excluding hydrogens is 376 g/mol. The van der Waals surface area contributed by atoms with E-state index in [4.69, 9.17) is 16.1 Å². The van der Waals surface area contributed by atoms with E-state index in [2.05, 4.69) is 15.5 Å². The minimum Gasteiger partial charge on any atom is -0.337 e. The third kappa shape index (κ3) is 4.02. The van der Waals surface area contributed by atoms with E-state index in [-0.39, 0.29) is 12.1 Å².